The Kier molecular flexibility index (Phi) is 37.7. The van der Waals surface area contributed by atoms with Crippen LogP contribution in [-0.2, 0) is 28.6 Å². The number of esters is 3. The van der Waals surface area contributed by atoms with E-state index < -0.39 is 11.9 Å². The van der Waals surface area contributed by atoms with Crippen molar-refractivity contribution in [2.75, 3.05) is 53.8 Å². The Labute approximate surface area is 149 Å². The summed E-state index contributed by atoms with van der Waals surface area (Å²) in [6.45, 7) is 4.75. The molecule has 0 saturated heterocycles. The molecule has 10 heteroatoms. The van der Waals surface area contributed by atoms with Crippen LogP contribution in [0.4, 0.5) is 0 Å². The van der Waals surface area contributed by atoms with Crippen LogP contribution in [0, 0.1) is 0 Å². The molecule has 0 saturated carbocycles. The lowest BCUT2D eigenvalue weighted by atomic mass is 10.8. The molecule has 0 atom stereocenters. The van der Waals surface area contributed by atoms with Crippen molar-refractivity contribution in [3.8, 4) is 0 Å². The second kappa shape index (κ2) is 29.6. The number of carbonyl (C=O) groups excluding carboxylic acids is 3. The van der Waals surface area contributed by atoms with Crippen molar-refractivity contribution in [2.45, 2.75) is 20.8 Å². The Morgan fingerprint density at radius 3 is 1.21 bits per heavy atom. The molecule has 0 bridgehead atoms. The van der Waals surface area contributed by atoms with Crippen molar-refractivity contribution >= 4 is 29.7 Å². The number of ether oxygens (including phenoxy) is 3. The van der Waals surface area contributed by atoms with E-state index in [0.717, 1.165) is 6.67 Å². The molecule has 0 spiro atoms. The molecule has 0 aromatic rings. The zero-order valence-electron chi connectivity index (χ0n) is 16.0. The summed E-state index contributed by atoms with van der Waals surface area (Å²) in [6.07, 6.45) is 4.08. The van der Waals surface area contributed by atoms with E-state index in [1.54, 1.807) is 18.8 Å². The van der Waals surface area contributed by atoms with Gasteiger partial charge in [-0.25, -0.2) is 0 Å². The van der Waals surface area contributed by atoms with Crippen LogP contribution >= 0.6 is 11.8 Å². The van der Waals surface area contributed by atoms with Crippen LogP contribution in [0.5, 0.6) is 0 Å². The Balaban J connectivity index is -0.000000119. The fraction of sp³-hybridized carbons (Fsp3) is 0.786. The highest BCUT2D eigenvalue weighted by Gasteiger charge is 1.93. The summed E-state index contributed by atoms with van der Waals surface area (Å²) in [5.74, 6) is -1.18. The smallest absolute Gasteiger partial charge is 0.305 e. The molecule has 0 heterocycles. The number of nitrogens with one attached hydrogen (secondary N) is 3. The maximum Gasteiger partial charge on any atom is 0.305 e. The summed E-state index contributed by atoms with van der Waals surface area (Å²) in [4.78, 5) is 30.0. The lowest BCUT2D eigenvalue weighted by molar-refractivity contribution is -0.164. The highest BCUT2D eigenvalue weighted by Crippen LogP contribution is 1.79. The van der Waals surface area contributed by atoms with Crippen molar-refractivity contribution in [2.24, 2.45) is 0 Å². The summed E-state index contributed by atoms with van der Waals surface area (Å²) in [5.41, 5.74) is 0. The number of hydrogen-bond acceptors (Lipinski definition) is 10. The maximum atomic E-state index is 10.0. The van der Waals surface area contributed by atoms with Gasteiger partial charge in [0.05, 0.1) is 0 Å². The highest BCUT2D eigenvalue weighted by molar-refractivity contribution is 7.97. The summed E-state index contributed by atoms with van der Waals surface area (Å²) >= 11 is 1.75. The van der Waals surface area contributed by atoms with E-state index in [1.165, 1.54) is 20.8 Å². The second-order valence-electron chi connectivity index (χ2n) is 3.82. The number of thioether (sulfide) groups is 1. The third-order valence-corrected chi connectivity index (χ3v) is 1.30. The largest absolute Gasteiger partial charge is 0.450 e. The first-order valence-electron chi connectivity index (χ1n) is 6.97. The van der Waals surface area contributed by atoms with E-state index in [-0.39, 0.29) is 12.8 Å². The predicted molar refractivity (Wildman–Crippen MR) is 96.5 cm³/mol. The van der Waals surface area contributed by atoms with Crippen molar-refractivity contribution in [1.29, 1.82) is 0 Å². The zero-order valence-corrected chi connectivity index (χ0v) is 16.8. The molecule has 0 rings (SSSR count). The summed E-state index contributed by atoms with van der Waals surface area (Å²) < 4.78 is 13.0. The van der Waals surface area contributed by atoms with Crippen LogP contribution in [0.1, 0.15) is 20.8 Å². The molecule has 0 fully saturated rings. The van der Waals surface area contributed by atoms with Crippen LogP contribution in [0.15, 0.2) is 0 Å². The van der Waals surface area contributed by atoms with E-state index in [2.05, 4.69) is 30.2 Å². The quantitative estimate of drug-likeness (QED) is 0.440. The van der Waals surface area contributed by atoms with Crippen molar-refractivity contribution in [3.63, 3.8) is 0 Å². The minimum atomic E-state index is -0.462. The van der Waals surface area contributed by atoms with Gasteiger partial charge in [-0.15, -0.1) is 0 Å². The average Bonchev–Trinajstić information content (AvgIpc) is 2.47. The van der Waals surface area contributed by atoms with Gasteiger partial charge in [-0.3, -0.25) is 19.7 Å². The van der Waals surface area contributed by atoms with Gasteiger partial charge < -0.3 is 24.8 Å². The Morgan fingerprint density at radius 2 is 1.08 bits per heavy atom. The van der Waals surface area contributed by atoms with Gasteiger partial charge in [-0.2, -0.15) is 11.8 Å². The van der Waals surface area contributed by atoms with Crippen LogP contribution in [0.25, 0.3) is 0 Å². The lowest BCUT2D eigenvalue weighted by Crippen LogP contribution is -2.21. The van der Waals surface area contributed by atoms with Gasteiger partial charge in [-0.1, -0.05) is 0 Å². The molecule has 0 aliphatic rings. The number of hydrogen-bond donors (Lipinski definition) is 3. The SMILES string of the molecule is CC(=O)OCOC(C)=O.CNCNC.CNCOC(C)=O.CSC. The number of rotatable bonds is 6. The van der Waals surface area contributed by atoms with E-state index in [0.29, 0.717) is 6.73 Å². The van der Waals surface area contributed by atoms with Crippen LogP contribution in [-0.4, -0.2) is 71.8 Å². The third kappa shape index (κ3) is 70.3. The van der Waals surface area contributed by atoms with E-state index >= 15 is 0 Å². The first kappa shape index (κ1) is 30.5. The molecule has 146 valence electrons. The van der Waals surface area contributed by atoms with E-state index in [9.17, 15) is 14.4 Å². The van der Waals surface area contributed by atoms with E-state index in [4.69, 9.17) is 0 Å². The average molecular weight is 372 g/mol. The minimum Gasteiger partial charge on any atom is -0.450 e. The standard InChI is InChI=1S/C5H8O4.C4H9NO2.C3H10N2.C2H6S/c1-4(6)8-3-9-5(2)7;1-4(6)7-3-5-2;1-4-3-5-2;1-3-2/h3H2,1-2H3;5H,3H2,1-2H3;4-5H,3H2,1-2H3;1-2H3. The van der Waals surface area contributed by atoms with Gasteiger partial charge in [0.15, 0.2) is 0 Å². The molecule has 0 unspecified atom stereocenters. The lowest BCUT2D eigenvalue weighted by Gasteiger charge is -1.99. The van der Waals surface area contributed by atoms with Gasteiger partial charge >= 0.3 is 17.9 Å². The Morgan fingerprint density at radius 1 is 0.750 bits per heavy atom. The molecule has 0 aliphatic heterocycles. The molecule has 0 aromatic carbocycles. The Hall–Kier alpha value is -1.36. The fourth-order valence-corrected chi connectivity index (χ4v) is 0.546. The summed E-state index contributed by atoms with van der Waals surface area (Å²) in [7, 11) is 5.51. The highest BCUT2D eigenvalue weighted by atomic mass is 32.2. The molecule has 0 aliphatic carbocycles. The topological polar surface area (TPSA) is 115 Å². The molecular weight excluding hydrogens is 338 g/mol. The number of carbonyl (C=O) groups is 3. The summed E-state index contributed by atoms with van der Waals surface area (Å²) in [5, 5.41) is 8.47. The minimum absolute atomic E-state index is 0.255. The molecular formula is C14H33N3O6S. The third-order valence-electron chi connectivity index (χ3n) is 1.30. The molecule has 3 N–H and O–H groups in total. The van der Waals surface area contributed by atoms with Crippen LogP contribution in [0.3, 0.4) is 0 Å². The van der Waals surface area contributed by atoms with Gasteiger partial charge in [-0.05, 0) is 33.7 Å². The molecule has 0 aromatic heterocycles. The Bertz CT molecular complexity index is 278. The van der Waals surface area contributed by atoms with Gasteiger partial charge in [0.25, 0.3) is 0 Å². The van der Waals surface area contributed by atoms with Crippen molar-refractivity contribution in [3.05, 3.63) is 0 Å². The van der Waals surface area contributed by atoms with Crippen molar-refractivity contribution < 1.29 is 28.6 Å². The normalized spacial score (nSPS) is 8.00. The second-order valence-corrected chi connectivity index (χ2v) is 4.63. The molecule has 24 heavy (non-hydrogen) atoms. The maximum absolute atomic E-state index is 10.0. The first-order valence-corrected chi connectivity index (χ1v) is 8.60. The van der Waals surface area contributed by atoms with Gasteiger partial charge in [0.1, 0.15) is 6.73 Å². The predicted octanol–water partition coefficient (Wildman–Crippen LogP) is 0.158. The van der Waals surface area contributed by atoms with E-state index in [1.807, 2.05) is 26.6 Å². The fourth-order valence-electron chi connectivity index (χ4n) is 0.546. The van der Waals surface area contributed by atoms with Gasteiger partial charge in [0.2, 0.25) is 6.79 Å². The molecule has 0 amide bonds. The first-order chi connectivity index (χ1) is 11.2. The molecule has 9 nitrogen and oxygen atoms in total. The van der Waals surface area contributed by atoms with Crippen LogP contribution in [0.2, 0.25) is 0 Å². The molecule has 0 radical (unpaired) electrons. The zero-order chi connectivity index (χ0) is 19.8. The monoisotopic (exact) mass is 371 g/mol. The van der Waals surface area contributed by atoms with Crippen LogP contribution < -0.4 is 16.0 Å². The summed E-state index contributed by atoms with van der Waals surface area (Å²) in [6, 6.07) is 0. The van der Waals surface area contributed by atoms with Crippen molar-refractivity contribution in [1.82, 2.24) is 16.0 Å². The van der Waals surface area contributed by atoms with Gasteiger partial charge in [0, 0.05) is 27.4 Å².